The second-order valence-electron chi connectivity index (χ2n) is 5.60. The predicted octanol–water partition coefficient (Wildman–Crippen LogP) is 5.97. The molecule has 0 unspecified atom stereocenters. The van der Waals surface area contributed by atoms with Gasteiger partial charge in [0.05, 0.1) is 0 Å². The Kier molecular flexibility index (Phi) is 2.75. The van der Waals surface area contributed by atoms with E-state index in [1.807, 2.05) is 0 Å². The molecule has 21 heavy (non-hydrogen) atoms. The zero-order chi connectivity index (χ0) is 14.2. The highest BCUT2D eigenvalue weighted by Gasteiger charge is 2.05. The first-order chi connectivity index (χ1) is 10.3. The third kappa shape index (κ3) is 2.09. The third-order valence-corrected chi connectivity index (χ3v) is 4.08. The Morgan fingerprint density at radius 2 is 1.43 bits per heavy atom. The van der Waals surface area contributed by atoms with Crippen LogP contribution in [-0.4, -0.2) is 0 Å². The first-order valence-corrected chi connectivity index (χ1v) is 7.30. The fourth-order valence-corrected chi connectivity index (χ4v) is 3.01. The summed E-state index contributed by atoms with van der Waals surface area (Å²) in [5.41, 5.74) is 3.88. The van der Waals surface area contributed by atoms with Crippen molar-refractivity contribution in [3.05, 3.63) is 84.4 Å². The minimum absolute atomic E-state index is 1.27. The number of hydrogen-bond acceptors (Lipinski definition) is 0. The van der Waals surface area contributed by atoms with Crippen LogP contribution in [0.15, 0.2) is 78.9 Å². The fourth-order valence-electron chi connectivity index (χ4n) is 3.01. The molecule has 0 aromatic heterocycles. The van der Waals surface area contributed by atoms with Crippen LogP contribution in [0.5, 0.6) is 0 Å². The van der Waals surface area contributed by atoms with Crippen molar-refractivity contribution in [2.75, 3.05) is 0 Å². The van der Waals surface area contributed by atoms with E-state index < -0.39 is 0 Å². The summed E-state index contributed by atoms with van der Waals surface area (Å²) in [6, 6.07) is 28.4. The molecule has 4 rings (SSSR count). The first-order valence-electron chi connectivity index (χ1n) is 7.30. The maximum atomic E-state index is 2.31. The van der Waals surface area contributed by atoms with Crippen molar-refractivity contribution in [2.45, 2.75) is 6.92 Å². The van der Waals surface area contributed by atoms with Crippen LogP contribution in [0, 0.1) is 6.92 Å². The molecule has 0 bridgehead atoms. The van der Waals surface area contributed by atoms with E-state index >= 15 is 0 Å². The number of aryl methyl sites for hydroxylation is 1. The van der Waals surface area contributed by atoms with Crippen molar-refractivity contribution >= 4 is 21.5 Å². The lowest BCUT2D eigenvalue weighted by molar-refractivity contribution is 1.51. The van der Waals surface area contributed by atoms with Crippen molar-refractivity contribution in [1.29, 1.82) is 0 Å². The molecule has 0 saturated heterocycles. The number of fused-ring (bicyclic) bond motifs is 2. The normalized spacial score (nSPS) is 11.1. The van der Waals surface area contributed by atoms with Crippen LogP contribution in [-0.2, 0) is 0 Å². The van der Waals surface area contributed by atoms with Crippen LogP contribution in [0.2, 0.25) is 0 Å². The Bertz CT molecular complexity index is 934. The van der Waals surface area contributed by atoms with Gasteiger partial charge < -0.3 is 0 Å². The Labute approximate surface area is 124 Å². The molecule has 0 aliphatic rings. The zero-order valence-electron chi connectivity index (χ0n) is 12.0. The van der Waals surface area contributed by atoms with Gasteiger partial charge in [-0.15, -0.1) is 0 Å². The van der Waals surface area contributed by atoms with E-state index in [4.69, 9.17) is 0 Å². The van der Waals surface area contributed by atoms with Crippen LogP contribution in [0.4, 0.5) is 0 Å². The van der Waals surface area contributed by atoms with Gasteiger partial charge in [0.2, 0.25) is 0 Å². The van der Waals surface area contributed by atoms with E-state index in [0.29, 0.717) is 0 Å². The standard InChI is InChI=1S/C21H16/c1-15-10-11-17-14-21-18(13-19(17)12-15)8-5-9-20(21)16-6-3-2-4-7-16/h2-14H,1H3. The molecule has 0 nitrogen and oxygen atoms in total. The van der Waals surface area contributed by atoms with Crippen LogP contribution in [0.1, 0.15) is 5.56 Å². The summed E-state index contributed by atoms with van der Waals surface area (Å²) < 4.78 is 0. The number of benzene rings is 4. The lowest BCUT2D eigenvalue weighted by atomic mass is 9.95. The van der Waals surface area contributed by atoms with Crippen LogP contribution >= 0.6 is 0 Å². The second kappa shape index (κ2) is 4.75. The summed E-state index contributed by atoms with van der Waals surface area (Å²) in [6.07, 6.45) is 0. The van der Waals surface area contributed by atoms with E-state index in [0.717, 1.165) is 0 Å². The molecule has 0 N–H and O–H groups in total. The maximum Gasteiger partial charge on any atom is -0.00990 e. The van der Waals surface area contributed by atoms with Gasteiger partial charge in [-0.3, -0.25) is 0 Å². The molecule has 0 amide bonds. The zero-order valence-corrected chi connectivity index (χ0v) is 12.0. The van der Waals surface area contributed by atoms with Crippen LogP contribution in [0.25, 0.3) is 32.7 Å². The maximum absolute atomic E-state index is 2.31. The minimum atomic E-state index is 1.27. The third-order valence-electron chi connectivity index (χ3n) is 4.08. The molecule has 0 heteroatoms. The van der Waals surface area contributed by atoms with E-state index in [1.165, 1.54) is 38.2 Å². The summed E-state index contributed by atoms with van der Waals surface area (Å²) in [6.45, 7) is 2.14. The molecule has 0 radical (unpaired) electrons. The highest BCUT2D eigenvalue weighted by molar-refractivity contribution is 6.05. The Morgan fingerprint density at radius 3 is 2.29 bits per heavy atom. The van der Waals surface area contributed by atoms with Crippen molar-refractivity contribution < 1.29 is 0 Å². The minimum Gasteiger partial charge on any atom is -0.0622 e. The van der Waals surface area contributed by atoms with Crippen molar-refractivity contribution in [1.82, 2.24) is 0 Å². The highest BCUT2D eigenvalue weighted by atomic mass is 14.1. The summed E-state index contributed by atoms with van der Waals surface area (Å²) in [5, 5.41) is 5.23. The van der Waals surface area contributed by atoms with Crippen molar-refractivity contribution in [3.63, 3.8) is 0 Å². The van der Waals surface area contributed by atoms with Crippen LogP contribution in [0.3, 0.4) is 0 Å². The van der Waals surface area contributed by atoms with Crippen molar-refractivity contribution in [2.24, 2.45) is 0 Å². The van der Waals surface area contributed by atoms with E-state index in [9.17, 15) is 0 Å². The largest absolute Gasteiger partial charge is 0.0622 e. The van der Waals surface area contributed by atoms with Gasteiger partial charge in [-0.25, -0.2) is 0 Å². The molecule has 0 aliphatic carbocycles. The Morgan fingerprint density at radius 1 is 0.571 bits per heavy atom. The predicted molar refractivity (Wildman–Crippen MR) is 91.6 cm³/mol. The molecule has 0 heterocycles. The van der Waals surface area contributed by atoms with Gasteiger partial charge in [-0.05, 0) is 51.7 Å². The molecule has 0 atom stereocenters. The molecular formula is C21H16. The smallest absolute Gasteiger partial charge is 0.00990 e. The molecule has 0 saturated carbocycles. The van der Waals surface area contributed by atoms with Gasteiger partial charge in [0.25, 0.3) is 0 Å². The number of hydrogen-bond donors (Lipinski definition) is 0. The second-order valence-corrected chi connectivity index (χ2v) is 5.60. The van der Waals surface area contributed by atoms with Gasteiger partial charge >= 0.3 is 0 Å². The van der Waals surface area contributed by atoms with Crippen molar-refractivity contribution in [3.8, 4) is 11.1 Å². The van der Waals surface area contributed by atoms with Gasteiger partial charge in [-0.1, -0.05) is 72.3 Å². The summed E-state index contributed by atoms with van der Waals surface area (Å²) in [4.78, 5) is 0. The average Bonchev–Trinajstić information content (AvgIpc) is 2.53. The molecule has 0 aliphatic heterocycles. The monoisotopic (exact) mass is 268 g/mol. The lowest BCUT2D eigenvalue weighted by Crippen LogP contribution is -1.83. The molecule has 100 valence electrons. The summed E-state index contributed by atoms with van der Waals surface area (Å²) >= 11 is 0. The van der Waals surface area contributed by atoms with Crippen LogP contribution < -0.4 is 0 Å². The van der Waals surface area contributed by atoms with Gasteiger partial charge in [-0.2, -0.15) is 0 Å². The molecule has 0 fully saturated rings. The first kappa shape index (κ1) is 12.2. The SMILES string of the molecule is Cc1ccc2cc3c(-c4ccccc4)cccc3cc2c1. The quantitative estimate of drug-likeness (QED) is 0.373. The van der Waals surface area contributed by atoms with Gasteiger partial charge in [0.15, 0.2) is 0 Å². The Hall–Kier alpha value is -2.60. The summed E-state index contributed by atoms with van der Waals surface area (Å²) in [5.74, 6) is 0. The molecular weight excluding hydrogens is 252 g/mol. The Balaban J connectivity index is 2.07. The van der Waals surface area contributed by atoms with Gasteiger partial charge in [0, 0.05) is 0 Å². The van der Waals surface area contributed by atoms with E-state index in [1.54, 1.807) is 0 Å². The molecule has 0 spiro atoms. The van der Waals surface area contributed by atoms with Gasteiger partial charge in [0.1, 0.15) is 0 Å². The summed E-state index contributed by atoms with van der Waals surface area (Å²) in [7, 11) is 0. The topological polar surface area (TPSA) is 0 Å². The fraction of sp³-hybridized carbons (Fsp3) is 0.0476. The molecule has 4 aromatic rings. The highest BCUT2D eigenvalue weighted by Crippen LogP contribution is 2.31. The molecule has 4 aromatic carbocycles. The average molecular weight is 268 g/mol. The number of rotatable bonds is 1. The van der Waals surface area contributed by atoms with E-state index in [2.05, 4.69) is 85.8 Å². The van der Waals surface area contributed by atoms with E-state index in [-0.39, 0.29) is 0 Å². The lowest BCUT2D eigenvalue weighted by Gasteiger charge is -2.09.